The van der Waals surface area contributed by atoms with Crippen LogP contribution in [-0.2, 0) is 4.79 Å². The Morgan fingerprint density at radius 1 is 1.62 bits per heavy atom. The summed E-state index contributed by atoms with van der Waals surface area (Å²) in [5.41, 5.74) is 6.09. The number of nitrogens with one attached hydrogen (secondary N) is 2. The van der Waals surface area contributed by atoms with Gasteiger partial charge in [-0.05, 0) is 13.0 Å². The van der Waals surface area contributed by atoms with Crippen LogP contribution in [0.1, 0.15) is 12.5 Å². The van der Waals surface area contributed by atoms with Crippen LogP contribution in [-0.4, -0.2) is 34.2 Å². The van der Waals surface area contributed by atoms with E-state index < -0.39 is 6.04 Å². The van der Waals surface area contributed by atoms with Crippen LogP contribution >= 0.6 is 12.2 Å². The molecule has 4 N–H and O–H groups in total. The van der Waals surface area contributed by atoms with Crippen molar-refractivity contribution in [1.29, 1.82) is 0 Å². The van der Waals surface area contributed by atoms with Gasteiger partial charge in [0.1, 0.15) is 11.0 Å². The Bertz CT molecular complexity index is 409. The zero-order valence-electron chi connectivity index (χ0n) is 9.02. The molecule has 0 bridgehead atoms. The number of aromatic nitrogens is 2. The van der Waals surface area contributed by atoms with Crippen molar-refractivity contribution < 1.29 is 4.79 Å². The molecule has 1 aromatic heterocycles. The van der Waals surface area contributed by atoms with Crippen LogP contribution in [0.3, 0.4) is 0 Å². The standard InChI is InChI=1S/C9H13N5OS/c1-5(9(15)11-2)13-8-6(7(10)16)3-4-12-14-8/h3-5H,1-2H3,(H2,10,16)(H,11,15)(H,13,14). The van der Waals surface area contributed by atoms with E-state index in [1.165, 1.54) is 6.20 Å². The number of nitrogens with zero attached hydrogens (tertiary/aromatic N) is 2. The van der Waals surface area contributed by atoms with Gasteiger partial charge in [0.05, 0.1) is 11.8 Å². The summed E-state index contributed by atoms with van der Waals surface area (Å²) in [5, 5.41) is 13.0. The Labute approximate surface area is 98.6 Å². The molecule has 0 saturated heterocycles. The fourth-order valence-electron chi connectivity index (χ4n) is 1.12. The van der Waals surface area contributed by atoms with E-state index in [2.05, 4.69) is 20.8 Å². The maximum absolute atomic E-state index is 11.3. The van der Waals surface area contributed by atoms with Crippen LogP contribution in [0.5, 0.6) is 0 Å². The number of thiocarbonyl (C=S) groups is 1. The van der Waals surface area contributed by atoms with Gasteiger partial charge in [0.2, 0.25) is 5.91 Å². The summed E-state index contributed by atoms with van der Waals surface area (Å²) >= 11 is 4.87. The van der Waals surface area contributed by atoms with Gasteiger partial charge in [-0.15, -0.1) is 5.10 Å². The second-order valence-electron chi connectivity index (χ2n) is 3.14. The number of hydrogen-bond acceptors (Lipinski definition) is 5. The molecule has 0 saturated carbocycles. The Morgan fingerprint density at radius 2 is 2.31 bits per heavy atom. The fraction of sp³-hybridized carbons (Fsp3) is 0.333. The third-order valence-corrected chi connectivity index (χ3v) is 2.20. The molecular formula is C9H13N5OS. The Morgan fingerprint density at radius 3 is 2.88 bits per heavy atom. The van der Waals surface area contributed by atoms with Crippen LogP contribution in [0, 0.1) is 0 Å². The molecule has 0 aliphatic heterocycles. The average molecular weight is 239 g/mol. The lowest BCUT2D eigenvalue weighted by atomic mass is 10.2. The van der Waals surface area contributed by atoms with Gasteiger partial charge in [-0.25, -0.2) is 0 Å². The number of likely N-dealkylation sites (N-methyl/N-ethyl adjacent to an activating group) is 1. The largest absolute Gasteiger partial charge is 0.389 e. The van der Waals surface area contributed by atoms with Crippen LogP contribution in [0.4, 0.5) is 5.82 Å². The van der Waals surface area contributed by atoms with Crippen molar-refractivity contribution in [3.8, 4) is 0 Å². The number of amides is 1. The summed E-state index contributed by atoms with van der Waals surface area (Å²) in [6.45, 7) is 1.71. The number of hydrogen-bond donors (Lipinski definition) is 3. The number of nitrogens with two attached hydrogens (primary N) is 1. The molecule has 0 fully saturated rings. The van der Waals surface area contributed by atoms with E-state index in [-0.39, 0.29) is 10.9 Å². The molecule has 0 radical (unpaired) electrons. The first kappa shape index (κ1) is 12.3. The summed E-state index contributed by atoms with van der Waals surface area (Å²) in [4.78, 5) is 11.5. The Hall–Kier alpha value is -1.76. The van der Waals surface area contributed by atoms with E-state index in [4.69, 9.17) is 18.0 Å². The highest BCUT2D eigenvalue weighted by Crippen LogP contribution is 2.10. The summed E-state index contributed by atoms with van der Waals surface area (Å²) in [5.74, 6) is 0.255. The van der Waals surface area contributed by atoms with E-state index >= 15 is 0 Å². The molecule has 0 spiro atoms. The van der Waals surface area contributed by atoms with E-state index in [0.29, 0.717) is 11.4 Å². The van der Waals surface area contributed by atoms with Gasteiger partial charge in [0.25, 0.3) is 0 Å². The van der Waals surface area contributed by atoms with Crippen molar-refractivity contribution >= 4 is 28.9 Å². The second kappa shape index (κ2) is 5.36. The molecule has 1 amide bonds. The van der Waals surface area contributed by atoms with E-state index in [0.717, 1.165) is 0 Å². The molecule has 0 aromatic carbocycles. The quantitative estimate of drug-likeness (QED) is 0.622. The fourth-order valence-corrected chi connectivity index (χ4v) is 1.29. The number of carbonyl (C=O) groups excluding carboxylic acids is 1. The van der Waals surface area contributed by atoms with Crippen molar-refractivity contribution in [2.24, 2.45) is 5.73 Å². The Balaban J connectivity index is 2.88. The highest BCUT2D eigenvalue weighted by Gasteiger charge is 2.14. The summed E-state index contributed by atoms with van der Waals surface area (Å²) < 4.78 is 0. The minimum Gasteiger partial charge on any atom is -0.389 e. The van der Waals surface area contributed by atoms with Crippen LogP contribution in [0.15, 0.2) is 12.3 Å². The van der Waals surface area contributed by atoms with Gasteiger partial charge in [-0.3, -0.25) is 4.79 Å². The summed E-state index contributed by atoms with van der Waals surface area (Å²) in [7, 11) is 1.56. The first-order valence-electron chi connectivity index (χ1n) is 4.66. The minimum absolute atomic E-state index is 0.153. The molecule has 86 valence electrons. The highest BCUT2D eigenvalue weighted by atomic mass is 32.1. The highest BCUT2D eigenvalue weighted by molar-refractivity contribution is 7.80. The van der Waals surface area contributed by atoms with Gasteiger partial charge < -0.3 is 16.4 Å². The third-order valence-electron chi connectivity index (χ3n) is 1.98. The Kier molecular flexibility index (Phi) is 4.12. The predicted molar refractivity (Wildman–Crippen MR) is 65.1 cm³/mol. The van der Waals surface area contributed by atoms with Crippen molar-refractivity contribution in [1.82, 2.24) is 15.5 Å². The number of carbonyl (C=O) groups is 1. The molecule has 1 heterocycles. The number of anilines is 1. The lowest BCUT2D eigenvalue weighted by molar-refractivity contribution is -0.121. The summed E-state index contributed by atoms with van der Waals surface area (Å²) in [6, 6.07) is 1.21. The van der Waals surface area contributed by atoms with Gasteiger partial charge in [-0.1, -0.05) is 12.2 Å². The lowest BCUT2D eigenvalue weighted by Crippen LogP contribution is -2.36. The molecule has 16 heavy (non-hydrogen) atoms. The molecule has 7 heteroatoms. The zero-order chi connectivity index (χ0) is 12.1. The van der Waals surface area contributed by atoms with Gasteiger partial charge in [0, 0.05) is 7.05 Å². The average Bonchev–Trinajstić information content (AvgIpc) is 2.28. The molecule has 1 atom stereocenters. The summed E-state index contributed by atoms with van der Waals surface area (Å²) in [6.07, 6.45) is 1.49. The van der Waals surface area contributed by atoms with E-state index in [1.54, 1.807) is 20.0 Å². The third kappa shape index (κ3) is 2.86. The topological polar surface area (TPSA) is 92.9 Å². The van der Waals surface area contributed by atoms with E-state index in [9.17, 15) is 4.79 Å². The molecule has 1 aromatic rings. The van der Waals surface area contributed by atoms with Crippen LogP contribution in [0.2, 0.25) is 0 Å². The molecule has 1 unspecified atom stereocenters. The first-order valence-corrected chi connectivity index (χ1v) is 5.06. The number of rotatable bonds is 4. The molecular weight excluding hydrogens is 226 g/mol. The lowest BCUT2D eigenvalue weighted by Gasteiger charge is -2.14. The molecule has 1 rings (SSSR count). The smallest absolute Gasteiger partial charge is 0.241 e. The monoisotopic (exact) mass is 239 g/mol. The first-order chi connectivity index (χ1) is 7.56. The van der Waals surface area contributed by atoms with Crippen molar-refractivity contribution in [3.05, 3.63) is 17.8 Å². The van der Waals surface area contributed by atoms with Gasteiger partial charge >= 0.3 is 0 Å². The molecule has 6 nitrogen and oxygen atoms in total. The van der Waals surface area contributed by atoms with E-state index in [1.807, 2.05) is 0 Å². The maximum Gasteiger partial charge on any atom is 0.241 e. The maximum atomic E-state index is 11.3. The minimum atomic E-state index is -0.435. The van der Waals surface area contributed by atoms with Gasteiger partial charge in [0.15, 0.2) is 5.82 Å². The zero-order valence-corrected chi connectivity index (χ0v) is 9.84. The normalized spacial score (nSPS) is 11.6. The predicted octanol–water partition coefficient (Wildman–Crippen LogP) is -0.343. The van der Waals surface area contributed by atoms with Crippen molar-refractivity contribution in [2.75, 3.05) is 12.4 Å². The molecule has 0 aliphatic rings. The van der Waals surface area contributed by atoms with Crippen molar-refractivity contribution in [2.45, 2.75) is 13.0 Å². The van der Waals surface area contributed by atoms with Crippen LogP contribution in [0.25, 0.3) is 0 Å². The van der Waals surface area contributed by atoms with Gasteiger partial charge in [-0.2, -0.15) is 5.10 Å². The molecule has 0 aliphatic carbocycles. The SMILES string of the molecule is CNC(=O)C(C)Nc1nnccc1C(N)=S. The van der Waals surface area contributed by atoms with Crippen LogP contribution < -0.4 is 16.4 Å². The van der Waals surface area contributed by atoms with Crippen molar-refractivity contribution in [3.63, 3.8) is 0 Å². The second-order valence-corrected chi connectivity index (χ2v) is 3.58.